The lowest BCUT2D eigenvalue weighted by atomic mass is 9.74. The molecule has 0 aromatic heterocycles. The van der Waals surface area contributed by atoms with Crippen LogP contribution < -0.4 is 14.8 Å². The average Bonchev–Trinajstić information content (AvgIpc) is 3.02. The Labute approximate surface area is 139 Å². The van der Waals surface area contributed by atoms with Crippen LogP contribution in [-0.4, -0.2) is 26.0 Å². The summed E-state index contributed by atoms with van der Waals surface area (Å²) in [4.78, 5) is 13.3. The summed E-state index contributed by atoms with van der Waals surface area (Å²) >= 11 is 0. The van der Waals surface area contributed by atoms with Gasteiger partial charge in [0.25, 0.3) is 0 Å². The van der Waals surface area contributed by atoms with E-state index < -0.39 is 5.41 Å². The maximum absolute atomic E-state index is 13.8. The molecule has 124 valence electrons. The highest BCUT2D eigenvalue weighted by atomic mass is 19.1. The van der Waals surface area contributed by atoms with Crippen molar-refractivity contribution in [3.63, 3.8) is 0 Å². The first-order valence-electron chi connectivity index (χ1n) is 7.87. The van der Waals surface area contributed by atoms with Crippen molar-refractivity contribution >= 4 is 11.5 Å². The molecule has 1 spiro atoms. The highest BCUT2D eigenvalue weighted by Gasteiger charge is 2.55. The molecule has 2 aromatic carbocycles. The molecule has 24 heavy (non-hydrogen) atoms. The van der Waals surface area contributed by atoms with Crippen molar-refractivity contribution in [1.82, 2.24) is 0 Å². The molecule has 1 N–H and O–H groups in total. The molecule has 2 atom stereocenters. The lowest BCUT2D eigenvalue weighted by Crippen LogP contribution is -2.42. The topological polar surface area (TPSA) is 47.6 Å². The Balaban J connectivity index is 1.91. The van der Waals surface area contributed by atoms with Crippen molar-refractivity contribution in [2.75, 3.05) is 19.5 Å². The molecular weight excluding hydrogens is 309 g/mol. The standard InChI is InChI=1S/C19H18FNO3/c1-10-19(14-7-12(20)4-5-15(14)21-10)9-11-6-16(23-2)17(24-3)8-13(11)18(19)22/h4-8,10,21H,9H2,1-3H3/t10-,19+/m0/s1. The molecule has 4 rings (SSSR count). The number of carbonyl (C=O) groups is 1. The van der Waals surface area contributed by atoms with E-state index in [0.717, 1.165) is 16.8 Å². The second-order valence-corrected chi connectivity index (χ2v) is 6.40. The maximum Gasteiger partial charge on any atom is 0.176 e. The predicted molar refractivity (Wildman–Crippen MR) is 88.7 cm³/mol. The fourth-order valence-electron chi connectivity index (χ4n) is 4.07. The van der Waals surface area contributed by atoms with Crippen LogP contribution in [0, 0.1) is 5.82 Å². The summed E-state index contributed by atoms with van der Waals surface area (Å²) in [5, 5.41) is 3.33. The summed E-state index contributed by atoms with van der Waals surface area (Å²) in [5.74, 6) is 0.796. The minimum atomic E-state index is -0.781. The Morgan fingerprint density at radius 1 is 1.17 bits per heavy atom. The number of hydrogen-bond acceptors (Lipinski definition) is 4. The molecular formula is C19H18FNO3. The zero-order valence-electron chi connectivity index (χ0n) is 13.8. The van der Waals surface area contributed by atoms with Crippen LogP contribution in [0.2, 0.25) is 0 Å². The highest BCUT2D eigenvalue weighted by molar-refractivity contribution is 6.11. The molecule has 5 heteroatoms. The molecule has 4 nitrogen and oxygen atoms in total. The number of rotatable bonds is 2. The number of benzene rings is 2. The van der Waals surface area contributed by atoms with Gasteiger partial charge in [-0.05, 0) is 54.8 Å². The Hall–Kier alpha value is -2.56. The second kappa shape index (κ2) is 4.97. The van der Waals surface area contributed by atoms with E-state index in [4.69, 9.17) is 9.47 Å². The minimum absolute atomic E-state index is 0.00260. The molecule has 0 unspecified atom stereocenters. The molecule has 0 amide bonds. The lowest BCUT2D eigenvalue weighted by Gasteiger charge is -2.27. The quantitative estimate of drug-likeness (QED) is 0.919. The number of hydrogen-bond donors (Lipinski definition) is 1. The van der Waals surface area contributed by atoms with Crippen LogP contribution in [0.15, 0.2) is 30.3 Å². The number of ketones is 1. The number of methoxy groups -OCH3 is 2. The van der Waals surface area contributed by atoms with Gasteiger partial charge in [-0.25, -0.2) is 4.39 Å². The van der Waals surface area contributed by atoms with E-state index in [1.54, 1.807) is 26.4 Å². The van der Waals surface area contributed by atoms with Gasteiger partial charge in [0, 0.05) is 17.3 Å². The Bertz CT molecular complexity index is 864. The van der Waals surface area contributed by atoms with Gasteiger partial charge in [0.2, 0.25) is 0 Å². The molecule has 0 saturated heterocycles. The Morgan fingerprint density at radius 2 is 1.88 bits per heavy atom. The van der Waals surface area contributed by atoms with Gasteiger partial charge in [0.15, 0.2) is 17.3 Å². The van der Waals surface area contributed by atoms with E-state index in [1.807, 2.05) is 13.0 Å². The van der Waals surface area contributed by atoms with Gasteiger partial charge in [-0.2, -0.15) is 0 Å². The predicted octanol–water partition coefficient (Wildman–Crippen LogP) is 3.33. The van der Waals surface area contributed by atoms with Gasteiger partial charge in [0.1, 0.15) is 5.82 Å². The summed E-state index contributed by atoms with van der Waals surface area (Å²) in [5.41, 5.74) is 2.30. The van der Waals surface area contributed by atoms with Crippen LogP contribution in [0.3, 0.4) is 0 Å². The van der Waals surface area contributed by atoms with Crippen LogP contribution >= 0.6 is 0 Å². The van der Waals surface area contributed by atoms with Gasteiger partial charge in [-0.15, -0.1) is 0 Å². The number of carbonyl (C=O) groups excluding carboxylic acids is 1. The van der Waals surface area contributed by atoms with Gasteiger partial charge in [0.05, 0.1) is 19.6 Å². The molecule has 0 saturated carbocycles. The van der Waals surface area contributed by atoms with Gasteiger partial charge >= 0.3 is 0 Å². The number of fused-ring (bicyclic) bond motifs is 3. The molecule has 0 radical (unpaired) electrons. The third-order valence-electron chi connectivity index (χ3n) is 5.30. The van der Waals surface area contributed by atoms with Gasteiger partial charge in [-0.3, -0.25) is 4.79 Å². The summed E-state index contributed by atoms with van der Waals surface area (Å²) in [6, 6.07) is 8.06. The first-order valence-corrected chi connectivity index (χ1v) is 7.87. The SMILES string of the molecule is COc1cc2c(cc1OC)C(=O)[C@@]1(C2)c2cc(F)ccc2N[C@H]1C. The summed E-state index contributed by atoms with van der Waals surface area (Å²) in [6.07, 6.45) is 0.520. The van der Waals surface area contributed by atoms with Crippen molar-refractivity contribution in [2.24, 2.45) is 0 Å². The highest BCUT2D eigenvalue weighted by Crippen LogP contribution is 2.51. The third kappa shape index (κ3) is 1.75. The minimum Gasteiger partial charge on any atom is -0.493 e. The van der Waals surface area contributed by atoms with Crippen LogP contribution in [0.4, 0.5) is 10.1 Å². The maximum atomic E-state index is 13.8. The second-order valence-electron chi connectivity index (χ2n) is 6.40. The van der Waals surface area contributed by atoms with Crippen molar-refractivity contribution in [2.45, 2.75) is 24.8 Å². The molecule has 1 aliphatic heterocycles. The molecule has 1 heterocycles. The van der Waals surface area contributed by atoms with E-state index in [-0.39, 0.29) is 17.6 Å². The molecule has 2 aliphatic rings. The summed E-state index contributed by atoms with van der Waals surface area (Å²) in [6.45, 7) is 1.97. The summed E-state index contributed by atoms with van der Waals surface area (Å²) in [7, 11) is 3.12. The van der Waals surface area contributed by atoms with E-state index in [2.05, 4.69) is 5.32 Å². The van der Waals surface area contributed by atoms with Crippen LogP contribution in [-0.2, 0) is 11.8 Å². The lowest BCUT2D eigenvalue weighted by molar-refractivity contribution is 0.0896. The van der Waals surface area contributed by atoms with Crippen molar-refractivity contribution in [3.05, 3.63) is 52.8 Å². The Morgan fingerprint density at radius 3 is 2.58 bits per heavy atom. The first-order chi connectivity index (χ1) is 11.5. The van der Waals surface area contributed by atoms with E-state index >= 15 is 0 Å². The first kappa shape index (κ1) is 15.0. The molecule has 1 aliphatic carbocycles. The molecule has 2 aromatic rings. The van der Waals surface area contributed by atoms with Crippen LogP contribution in [0.5, 0.6) is 11.5 Å². The van der Waals surface area contributed by atoms with Gasteiger partial charge in [-0.1, -0.05) is 0 Å². The fraction of sp³-hybridized carbons (Fsp3) is 0.316. The number of nitrogens with one attached hydrogen (secondary N) is 1. The van der Waals surface area contributed by atoms with Crippen LogP contribution in [0.1, 0.15) is 28.4 Å². The zero-order chi connectivity index (χ0) is 17.1. The van der Waals surface area contributed by atoms with Crippen molar-refractivity contribution < 1.29 is 18.7 Å². The number of Topliss-reactive ketones (excluding diaryl/α,β-unsaturated/α-hetero) is 1. The van der Waals surface area contributed by atoms with Crippen molar-refractivity contribution in [1.29, 1.82) is 0 Å². The summed E-state index contributed by atoms with van der Waals surface area (Å²) < 4.78 is 24.5. The normalized spacial score (nSPS) is 23.8. The number of anilines is 1. The zero-order valence-corrected chi connectivity index (χ0v) is 13.8. The fourth-order valence-corrected chi connectivity index (χ4v) is 4.07. The van der Waals surface area contributed by atoms with Crippen LogP contribution in [0.25, 0.3) is 0 Å². The smallest absolute Gasteiger partial charge is 0.176 e. The number of ether oxygens (including phenoxy) is 2. The Kier molecular flexibility index (Phi) is 3.10. The van der Waals surface area contributed by atoms with Gasteiger partial charge < -0.3 is 14.8 Å². The largest absolute Gasteiger partial charge is 0.493 e. The third-order valence-corrected chi connectivity index (χ3v) is 5.30. The average molecular weight is 327 g/mol. The monoisotopic (exact) mass is 327 g/mol. The van der Waals surface area contributed by atoms with E-state index in [9.17, 15) is 9.18 Å². The molecule has 0 fully saturated rings. The van der Waals surface area contributed by atoms with E-state index in [1.165, 1.54) is 12.1 Å². The number of halogens is 1. The van der Waals surface area contributed by atoms with Crippen molar-refractivity contribution in [3.8, 4) is 11.5 Å². The van der Waals surface area contributed by atoms with E-state index in [0.29, 0.717) is 23.5 Å². The molecule has 0 bridgehead atoms.